The van der Waals surface area contributed by atoms with Crippen molar-refractivity contribution < 1.29 is 9.53 Å². The molecule has 2 aromatic carbocycles. The lowest BCUT2D eigenvalue weighted by molar-refractivity contribution is -0.139. The number of aromatic nitrogens is 1. The van der Waals surface area contributed by atoms with Crippen LogP contribution in [0, 0.1) is 6.92 Å². The molecule has 4 rings (SSSR count). The van der Waals surface area contributed by atoms with Crippen molar-refractivity contribution >= 4 is 45.0 Å². The van der Waals surface area contributed by atoms with Gasteiger partial charge in [0, 0.05) is 18.6 Å². The van der Waals surface area contributed by atoms with Crippen molar-refractivity contribution in [2.24, 2.45) is 4.99 Å². The van der Waals surface area contributed by atoms with Gasteiger partial charge >= 0.3 is 5.97 Å². The predicted octanol–water partition coefficient (Wildman–Crippen LogP) is 3.94. The number of allylic oxidation sites excluding steroid dienone is 1. The molecule has 176 valence electrons. The van der Waals surface area contributed by atoms with Gasteiger partial charge in [-0.15, -0.1) is 0 Å². The maximum Gasteiger partial charge on any atom is 0.338 e. The zero-order chi connectivity index (χ0) is 24.6. The number of ether oxygens (including phenoxy) is 1. The third kappa shape index (κ3) is 4.52. The SMILES string of the molecule is CCOC(=O)C1=C(C)N=c2s/c(=C\c3ccc(N(C)C)c(Br)c3)c(=O)n2C1c1ccc(C)cc1. The summed E-state index contributed by atoms with van der Waals surface area (Å²) in [6.45, 7) is 5.81. The van der Waals surface area contributed by atoms with Gasteiger partial charge in [-0.2, -0.15) is 0 Å². The molecule has 0 radical (unpaired) electrons. The van der Waals surface area contributed by atoms with Crippen molar-refractivity contribution in [3.63, 3.8) is 0 Å². The Kier molecular flexibility index (Phi) is 6.91. The first-order valence-electron chi connectivity index (χ1n) is 10.9. The Morgan fingerprint density at radius 3 is 2.53 bits per heavy atom. The lowest BCUT2D eigenvalue weighted by Gasteiger charge is -2.24. The van der Waals surface area contributed by atoms with E-state index in [9.17, 15) is 9.59 Å². The maximum atomic E-state index is 13.6. The largest absolute Gasteiger partial charge is 0.463 e. The highest BCUT2D eigenvalue weighted by atomic mass is 79.9. The van der Waals surface area contributed by atoms with E-state index in [0.29, 0.717) is 20.6 Å². The first kappa shape index (κ1) is 24.2. The number of carbonyl (C=O) groups excluding carboxylic acids is 1. The molecule has 0 aliphatic carbocycles. The number of hydrogen-bond donors (Lipinski definition) is 0. The lowest BCUT2D eigenvalue weighted by atomic mass is 9.95. The summed E-state index contributed by atoms with van der Waals surface area (Å²) >= 11 is 4.93. The Labute approximate surface area is 210 Å². The minimum Gasteiger partial charge on any atom is -0.463 e. The van der Waals surface area contributed by atoms with Gasteiger partial charge in [-0.1, -0.05) is 47.2 Å². The Bertz CT molecular complexity index is 1470. The van der Waals surface area contributed by atoms with E-state index in [1.54, 1.807) is 18.4 Å². The second-order valence-corrected chi connectivity index (χ2v) is 10.2. The zero-order valence-electron chi connectivity index (χ0n) is 19.8. The quantitative estimate of drug-likeness (QED) is 0.460. The van der Waals surface area contributed by atoms with Crippen LogP contribution in [0.15, 0.2) is 68.0 Å². The highest BCUT2D eigenvalue weighted by Gasteiger charge is 2.33. The van der Waals surface area contributed by atoms with Crippen LogP contribution < -0.4 is 19.8 Å². The number of hydrogen-bond acceptors (Lipinski definition) is 6. The molecule has 1 aliphatic heterocycles. The summed E-state index contributed by atoms with van der Waals surface area (Å²) in [6, 6.07) is 13.2. The lowest BCUT2D eigenvalue weighted by Crippen LogP contribution is -2.39. The fourth-order valence-electron chi connectivity index (χ4n) is 3.98. The third-order valence-corrected chi connectivity index (χ3v) is 7.28. The van der Waals surface area contributed by atoms with Crippen LogP contribution in [0.25, 0.3) is 6.08 Å². The van der Waals surface area contributed by atoms with Gasteiger partial charge in [0.2, 0.25) is 0 Å². The highest BCUT2D eigenvalue weighted by Crippen LogP contribution is 2.31. The van der Waals surface area contributed by atoms with E-state index in [1.165, 1.54) is 11.3 Å². The Balaban J connectivity index is 1.91. The molecule has 1 atom stereocenters. The van der Waals surface area contributed by atoms with Gasteiger partial charge in [0.1, 0.15) is 0 Å². The van der Waals surface area contributed by atoms with Crippen LogP contribution in [0.4, 0.5) is 5.69 Å². The fourth-order valence-corrected chi connectivity index (χ4v) is 5.78. The van der Waals surface area contributed by atoms with E-state index in [4.69, 9.17) is 4.74 Å². The van der Waals surface area contributed by atoms with Gasteiger partial charge in [-0.3, -0.25) is 9.36 Å². The first-order chi connectivity index (χ1) is 16.2. The van der Waals surface area contributed by atoms with Crippen LogP contribution in [0.5, 0.6) is 0 Å². The van der Waals surface area contributed by atoms with E-state index in [-0.39, 0.29) is 12.2 Å². The molecule has 3 aromatic rings. The summed E-state index contributed by atoms with van der Waals surface area (Å²) in [5.41, 5.74) is 4.66. The number of benzene rings is 2. The summed E-state index contributed by atoms with van der Waals surface area (Å²) in [6.07, 6.45) is 1.86. The molecular weight excluding hydrogens is 514 g/mol. The van der Waals surface area contributed by atoms with Gasteiger partial charge in [0.25, 0.3) is 5.56 Å². The van der Waals surface area contributed by atoms with Crippen molar-refractivity contribution in [3.05, 3.63) is 94.6 Å². The van der Waals surface area contributed by atoms with Crippen LogP contribution in [-0.2, 0) is 9.53 Å². The molecule has 0 amide bonds. The maximum absolute atomic E-state index is 13.6. The normalized spacial score (nSPS) is 15.7. The summed E-state index contributed by atoms with van der Waals surface area (Å²) < 4.78 is 8.45. The van der Waals surface area contributed by atoms with Gasteiger partial charge < -0.3 is 9.64 Å². The van der Waals surface area contributed by atoms with Crippen molar-refractivity contribution in [3.8, 4) is 0 Å². The summed E-state index contributed by atoms with van der Waals surface area (Å²) in [7, 11) is 3.96. The molecule has 0 bridgehead atoms. The average molecular weight is 540 g/mol. The topological polar surface area (TPSA) is 63.9 Å². The molecule has 1 unspecified atom stereocenters. The van der Waals surface area contributed by atoms with E-state index in [1.807, 2.05) is 74.5 Å². The van der Waals surface area contributed by atoms with Crippen molar-refractivity contribution in [1.29, 1.82) is 0 Å². The summed E-state index contributed by atoms with van der Waals surface area (Å²) in [4.78, 5) is 33.8. The second kappa shape index (κ2) is 9.72. The van der Waals surface area contributed by atoms with Crippen LogP contribution in [-0.4, -0.2) is 31.2 Å². The number of esters is 1. The number of aryl methyl sites for hydroxylation is 1. The van der Waals surface area contributed by atoms with Crippen LogP contribution >= 0.6 is 27.3 Å². The van der Waals surface area contributed by atoms with Crippen molar-refractivity contribution in [1.82, 2.24) is 4.57 Å². The summed E-state index contributed by atoms with van der Waals surface area (Å²) in [5.74, 6) is -0.452. The number of halogens is 1. The fraction of sp³-hybridized carbons (Fsp3) is 0.269. The van der Waals surface area contributed by atoms with Gasteiger partial charge in [0.05, 0.1) is 34.1 Å². The number of thiazole rings is 1. The van der Waals surface area contributed by atoms with E-state index in [0.717, 1.165) is 26.9 Å². The van der Waals surface area contributed by atoms with Crippen LogP contribution in [0.2, 0.25) is 0 Å². The number of anilines is 1. The standard InChI is InChI=1S/C26H26BrN3O3S/c1-6-33-25(32)22-16(3)28-26-30(23(22)18-10-7-15(2)8-11-18)24(31)21(34-26)14-17-9-12-20(29(4)5)19(27)13-17/h7-14,23H,6H2,1-5H3/b21-14-. The molecule has 34 heavy (non-hydrogen) atoms. The molecule has 2 heterocycles. The number of nitrogens with zero attached hydrogens (tertiary/aromatic N) is 3. The highest BCUT2D eigenvalue weighted by molar-refractivity contribution is 9.10. The Hall–Kier alpha value is -2.97. The first-order valence-corrected chi connectivity index (χ1v) is 12.5. The molecule has 0 spiro atoms. The smallest absolute Gasteiger partial charge is 0.338 e. The third-order valence-electron chi connectivity index (χ3n) is 5.66. The van der Waals surface area contributed by atoms with Crippen molar-refractivity contribution in [2.45, 2.75) is 26.8 Å². The monoisotopic (exact) mass is 539 g/mol. The molecule has 0 N–H and O–H groups in total. The van der Waals surface area contributed by atoms with E-state index >= 15 is 0 Å². The predicted molar refractivity (Wildman–Crippen MR) is 140 cm³/mol. The molecule has 1 aromatic heterocycles. The molecule has 8 heteroatoms. The zero-order valence-corrected chi connectivity index (χ0v) is 22.2. The van der Waals surface area contributed by atoms with E-state index in [2.05, 4.69) is 20.9 Å². The molecular formula is C26H26BrN3O3S. The number of rotatable bonds is 5. The molecule has 0 saturated carbocycles. The average Bonchev–Trinajstić information content (AvgIpc) is 3.08. The molecule has 0 fully saturated rings. The van der Waals surface area contributed by atoms with Gasteiger partial charge in [-0.05, 0) is 66.0 Å². The van der Waals surface area contributed by atoms with Crippen LogP contribution in [0.3, 0.4) is 0 Å². The van der Waals surface area contributed by atoms with Crippen molar-refractivity contribution in [2.75, 3.05) is 25.6 Å². The second-order valence-electron chi connectivity index (χ2n) is 8.32. The minimum absolute atomic E-state index is 0.184. The molecule has 0 saturated heterocycles. The molecule has 1 aliphatic rings. The van der Waals surface area contributed by atoms with Gasteiger partial charge in [0.15, 0.2) is 4.80 Å². The van der Waals surface area contributed by atoms with Gasteiger partial charge in [-0.25, -0.2) is 9.79 Å². The van der Waals surface area contributed by atoms with Crippen LogP contribution in [0.1, 0.15) is 36.6 Å². The Morgan fingerprint density at radius 2 is 1.91 bits per heavy atom. The molecule has 6 nitrogen and oxygen atoms in total. The van der Waals surface area contributed by atoms with E-state index < -0.39 is 12.0 Å². The summed E-state index contributed by atoms with van der Waals surface area (Å²) in [5, 5.41) is 0. The minimum atomic E-state index is -0.596. The number of carbonyl (C=O) groups is 1. The number of fused-ring (bicyclic) bond motifs is 1. The Morgan fingerprint density at radius 1 is 1.21 bits per heavy atom.